The lowest BCUT2D eigenvalue weighted by molar-refractivity contribution is -0.118. The first-order chi connectivity index (χ1) is 7.76. The Bertz CT molecular complexity index is 347. The number of carbonyl (C=O) groups excluding carboxylic acids is 1. The van der Waals surface area contributed by atoms with Gasteiger partial charge in [0, 0.05) is 26.3 Å². The molecule has 0 radical (unpaired) electrons. The van der Waals surface area contributed by atoms with Crippen LogP contribution in [0.15, 0.2) is 12.3 Å². The number of hydrogen-bond donors (Lipinski definition) is 1. The SMILES string of the molecule is COCc1ccnc(CCNC(=O)CCl)n1. The van der Waals surface area contributed by atoms with Crippen LogP contribution in [-0.2, 0) is 22.6 Å². The first-order valence-corrected chi connectivity index (χ1v) is 5.42. The highest BCUT2D eigenvalue weighted by Crippen LogP contribution is 1.97. The molecule has 88 valence electrons. The van der Waals surface area contributed by atoms with Gasteiger partial charge in [0.25, 0.3) is 0 Å². The summed E-state index contributed by atoms with van der Waals surface area (Å²) in [5.74, 6) is 0.476. The second-order valence-electron chi connectivity index (χ2n) is 3.13. The zero-order chi connectivity index (χ0) is 11.8. The predicted octanol–water partition coefficient (Wildman–Crippen LogP) is 0.520. The Labute approximate surface area is 99.2 Å². The highest BCUT2D eigenvalue weighted by Gasteiger charge is 2.01. The smallest absolute Gasteiger partial charge is 0.234 e. The number of nitrogens with zero attached hydrogens (tertiary/aromatic N) is 2. The van der Waals surface area contributed by atoms with Gasteiger partial charge in [0.1, 0.15) is 11.7 Å². The molecular weight excluding hydrogens is 230 g/mol. The zero-order valence-electron chi connectivity index (χ0n) is 9.07. The number of carbonyl (C=O) groups is 1. The summed E-state index contributed by atoms with van der Waals surface area (Å²) in [4.78, 5) is 19.2. The van der Waals surface area contributed by atoms with Gasteiger partial charge in [-0.1, -0.05) is 0 Å². The van der Waals surface area contributed by atoms with Gasteiger partial charge < -0.3 is 10.1 Å². The summed E-state index contributed by atoms with van der Waals surface area (Å²) in [6.07, 6.45) is 2.26. The maximum absolute atomic E-state index is 10.9. The number of rotatable bonds is 6. The van der Waals surface area contributed by atoms with Crippen molar-refractivity contribution >= 4 is 17.5 Å². The van der Waals surface area contributed by atoms with Crippen molar-refractivity contribution in [2.75, 3.05) is 19.5 Å². The van der Waals surface area contributed by atoms with Crippen LogP contribution in [0, 0.1) is 0 Å². The number of ether oxygens (including phenoxy) is 1. The molecular formula is C10H14ClN3O2. The summed E-state index contributed by atoms with van der Waals surface area (Å²) in [7, 11) is 1.61. The van der Waals surface area contributed by atoms with Gasteiger partial charge in [-0.05, 0) is 6.07 Å². The molecule has 0 saturated heterocycles. The molecule has 16 heavy (non-hydrogen) atoms. The molecule has 0 saturated carbocycles. The third-order valence-electron chi connectivity index (χ3n) is 1.85. The van der Waals surface area contributed by atoms with Gasteiger partial charge in [0.05, 0.1) is 12.3 Å². The van der Waals surface area contributed by atoms with Crippen LogP contribution in [0.2, 0.25) is 0 Å². The minimum atomic E-state index is -0.185. The van der Waals surface area contributed by atoms with E-state index in [0.717, 1.165) is 5.69 Å². The van der Waals surface area contributed by atoms with Gasteiger partial charge in [-0.25, -0.2) is 9.97 Å². The van der Waals surface area contributed by atoms with Crippen molar-refractivity contribution in [3.05, 3.63) is 23.8 Å². The molecule has 0 bridgehead atoms. The van der Waals surface area contributed by atoms with Crippen LogP contribution in [0.4, 0.5) is 0 Å². The fourth-order valence-corrected chi connectivity index (χ4v) is 1.25. The zero-order valence-corrected chi connectivity index (χ0v) is 9.83. The molecule has 1 aromatic rings. The highest BCUT2D eigenvalue weighted by atomic mass is 35.5. The van der Waals surface area contributed by atoms with Crippen molar-refractivity contribution in [1.29, 1.82) is 0 Å². The molecule has 0 fully saturated rings. The fraction of sp³-hybridized carbons (Fsp3) is 0.500. The number of hydrogen-bond acceptors (Lipinski definition) is 4. The van der Waals surface area contributed by atoms with Gasteiger partial charge in [-0.2, -0.15) is 0 Å². The van der Waals surface area contributed by atoms with E-state index < -0.39 is 0 Å². The molecule has 1 aromatic heterocycles. The second-order valence-corrected chi connectivity index (χ2v) is 3.40. The topological polar surface area (TPSA) is 64.1 Å². The van der Waals surface area contributed by atoms with Crippen LogP contribution in [0.3, 0.4) is 0 Å². The maximum atomic E-state index is 10.9. The van der Waals surface area contributed by atoms with Crippen LogP contribution < -0.4 is 5.32 Å². The summed E-state index contributed by atoms with van der Waals surface area (Å²) in [5, 5.41) is 2.65. The van der Waals surface area contributed by atoms with Crippen LogP contribution in [0.1, 0.15) is 11.5 Å². The van der Waals surface area contributed by atoms with E-state index in [0.29, 0.717) is 25.4 Å². The second kappa shape index (κ2) is 7.14. The van der Waals surface area contributed by atoms with E-state index in [1.807, 2.05) is 0 Å². The van der Waals surface area contributed by atoms with Crippen LogP contribution >= 0.6 is 11.6 Å². The molecule has 1 rings (SSSR count). The normalized spacial score (nSPS) is 10.1. The number of aromatic nitrogens is 2. The lowest BCUT2D eigenvalue weighted by Gasteiger charge is -2.04. The number of methoxy groups -OCH3 is 1. The van der Waals surface area contributed by atoms with Crippen molar-refractivity contribution in [2.24, 2.45) is 0 Å². The molecule has 0 atom stereocenters. The van der Waals surface area contributed by atoms with Crippen LogP contribution in [0.25, 0.3) is 0 Å². The van der Waals surface area contributed by atoms with E-state index in [4.69, 9.17) is 16.3 Å². The molecule has 0 unspecified atom stereocenters. The Kier molecular flexibility index (Phi) is 5.74. The van der Waals surface area contributed by atoms with E-state index in [1.165, 1.54) is 0 Å². The van der Waals surface area contributed by atoms with Crippen LogP contribution in [0.5, 0.6) is 0 Å². The molecule has 6 heteroatoms. The Morgan fingerprint density at radius 3 is 3.12 bits per heavy atom. The molecule has 1 heterocycles. The predicted molar refractivity (Wildman–Crippen MR) is 60.2 cm³/mol. The maximum Gasteiger partial charge on any atom is 0.234 e. The highest BCUT2D eigenvalue weighted by molar-refractivity contribution is 6.27. The Hall–Kier alpha value is -1.20. The quantitative estimate of drug-likeness (QED) is 0.740. The van der Waals surface area contributed by atoms with Crippen molar-refractivity contribution in [1.82, 2.24) is 15.3 Å². The molecule has 0 spiro atoms. The molecule has 0 aromatic carbocycles. The molecule has 0 aliphatic heterocycles. The molecule has 0 aliphatic rings. The Morgan fingerprint density at radius 2 is 2.44 bits per heavy atom. The number of alkyl halides is 1. The molecule has 0 aliphatic carbocycles. The minimum Gasteiger partial charge on any atom is -0.378 e. The van der Waals surface area contributed by atoms with Gasteiger partial charge in [-0.15, -0.1) is 11.6 Å². The molecule has 1 N–H and O–H groups in total. The molecule has 1 amide bonds. The monoisotopic (exact) mass is 243 g/mol. The van der Waals surface area contributed by atoms with Crippen LogP contribution in [-0.4, -0.2) is 35.4 Å². The summed E-state index contributed by atoms with van der Waals surface area (Å²) in [5.41, 5.74) is 0.830. The minimum absolute atomic E-state index is 0.0232. The van der Waals surface area contributed by atoms with Gasteiger partial charge in [0.15, 0.2) is 0 Å². The van der Waals surface area contributed by atoms with Gasteiger partial charge >= 0.3 is 0 Å². The van der Waals surface area contributed by atoms with Crippen molar-refractivity contribution in [2.45, 2.75) is 13.0 Å². The van der Waals surface area contributed by atoms with Crippen molar-refractivity contribution in [3.63, 3.8) is 0 Å². The fourth-order valence-electron chi connectivity index (χ4n) is 1.15. The standard InChI is InChI=1S/C10H14ClN3O2/c1-16-7-8-2-4-12-9(14-8)3-5-13-10(15)6-11/h2,4H,3,5-7H2,1H3,(H,13,15). The molecule has 5 nitrogen and oxygen atoms in total. The van der Waals surface area contributed by atoms with Crippen molar-refractivity contribution < 1.29 is 9.53 Å². The van der Waals surface area contributed by atoms with E-state index in [9.17, 15) is 4.79 Å². The number of amides is 1. The van der Waals surface area contributed by atoms with Gasteiger partial charge in [-0.3, -0.25) is 4.79 Å². The number of halogens is 1. The summed E-state index contributed by atoms with van der Waals surface area (Å²) in [6, 6.07) is 1.80. The lowest BCUT2D eigenvalue weighted by atomic mass is 10.3. The van der Waals surface area contributed by atoms with E-state index in [1.54, 1.807) is 19.4 Å². The van der Waals surface area contributed by atoms with Crippen molar-refractivity contribution in [3.8, 4) is 0 Å². The van der Waals surface area contributed by atoms with E-state index in [-0.39, 0.29) is 11.8 Å². The first kappa shape index (κ1) is 12.9. The Balaban J connectivity index is 2.41. The summed E-state index contributed by atoms with van der Waals surface area (Å²) >= 11 is 5.34. The Morgan fingerprint density at radius 1 is 1.62 bits per heavy atom. The first-order valence-electron chi connectivity index (χ1n) is 4.88. The third kappa shape index (κ3) is 4.55. The van der Waals surface area contributed by atoms with E-state index >= 15 is 0 Å². The average molecular weight is 244 g/mol. The number of nitrogens with one attached hydrogen (secondary N) is 1. The summed E-state index contributed by atoms with van der Waals surface area (Å²) < 4.78 is 4.97. The lowest BCUT2D eigenvalue weighted by Crippen LogP contribution is -2.27. The third-order valence-corrected chi connectivity index (χ3v) is 2.09. The van der Waals surface area contributed by atoms with Gasteiger partial charge in [0.2, 0.25) is 5.91 Å². The largest absolute Gasteiger partial charge is 0.378 e. The average Bonchev–Trinajstić information content (AvgIpc) is 2.30. The van der Waals surface area contributed by atoms with E-state index in [2.05, 4.69) is 15.3 Å². The summed E-state index contributed by atoms with van der Waals surface area (Å²) in [6.45, 7) is 0.950.